The Labute approximate surface area is 110 Å². The molecule has 0 bridgehead atoms. The van der Waals surface area contributed by atoms with Gasteiger partial charge in [-0.3, -0.25) is 4.98 Å². The monoisotopic (exact) mass is 248 g/mol. The molecule has 1 saturated carbocycles. The molecule has 1 aromatic rings. The molecule has 100 valence electrons. The zero-order valence-corrected chi connectivity index (χ0v) is 11.5. The van der Waals surface area contributed by atoms with Gasteiger partial charge in [0.25, 0.3) is 0 Å². The minimum atomic E-state index is 0.664. The maximum atomic E-state index is 5.35. The van der Waals surface area contributed by atoms with Gasteiger partial charge < -0.3 is 10.1 Å². The van der Waals surface area contributed by atoms with E-state index in [9.17, 15) is 0 Å². The van der Waals surface area contributed by atoms with Crippen molar-refractivity contribution in [3.63, 3.8) is 0 Å². The van der Waals surface area contributed by atoms with Crippen LogP contribution in [-0.2, 0) is 6.42 Å². The van der Waals surface area contributed by atoms with Crippen molar-refractivity contribution in [3.8, 4) is 5.75 Å². The first-order valence-corrected chi connectivity index (χ1v) is 7.06. The van der Waals surface area contributed by atoms with Crippen molar-refractivity contribution in [2.45, 2.75) is 45.1 Å². The molecule has 1 aliphatic rings. The molecule has 3 nitrogen and oxygen atoms in total. The molecule has 0 radical (unpaired) electrons. The third-order valence-electron chi connectivity index (χ3n) is 3.61. The van der Waals surface area contributed by atoms with E-state index in [1.54, 1.807) is 7.11 Å². The third-order valence-corrected chi connectivity index (χ3v) is 3.61. The second kappa shape index (κ2) is 6.74. The summed E-state index contributed by atoms with van der Waals surface area (Å²) in [6.07, 6.45) is 8.00. The van der Waals surface area contributed by atoms with Crippen LogP contribution >= 0.6 is 0 Å². The molecule has 1 N–H and O–H groups in total. The molecule has 2 rings (SSSR count). The molecule has 0 spiro atoms. The standard InChI is InChI=1S/C15H24N2O/c1-3-10-16-13(12-6-7-12)8-9-14-15(18-2)5-4-11-17-14/h4-5,11-13,16H,3,6-10H2,1-2H3. The number of rotatable bonds is 8. The molecular weight excluding hydrogens is 224 g/mol. The van der Waals surface area contributed by atoms with Crippen molar-refractivity contribution in [2.24, 2.45) is 5.92 Å². The van der Waals surface area contributed by atoms with Crippen molar-refractivity contribution >= 4 is 0 Å². The minimum Gasteiger partial charge on any atom is -0.495 e. The number of aromatic nitrogens is 1. The molecule has 1 aromatic heterocycles. The molecule has 0 amide bonds. The van der Waals surface area contributed by atoms with E-state index in [4.69, 9.17) is 4.74 Å². The van der Waals surface area contributed by atoms with E-state index in [1.807, 2.05) is 18.3 Å². The highest BCUT2D eigenvalue weighted by molar-refractivity contribution is 5.26. The minimum absolute atomic E-state index is 0.664. The van der Waals surface area contributed by atoms with Crippen LogP contribution in [0.3, 0.4) is 0 Å². The van der Waals surface area contributed by atoms with Gasteiger partial charge in [-0.1, -0.05) is 6.92 Å². The van der Waals surface area contributed by atoms with Crippen molar-refractivity contribution in [1.82, 2.24) is 10.3 Å². The van der Waals surface area contributed by atoms with Gasteiger partial charge in [0.15, 0.2) is 0 Å². The topological polar surface area (TPSA) is 34.2 Å². The van der Waals surface area contributed by atoms with Crippen LogP contribution in [0, 0.1) is 5.92 Å². The van der Waals surface area contributed by atoms with Gasteiger partial charge >= 0.3 is 0 Å². The van der Waals surface area contributed by atoms with Crippen LogP contribution in [-0.4, -0.2) is 24.7 Å². The van der Waals surface area contributed by atoms with Crippen LogP contribution < -0.4 is 10.1 Å². The fourth-order valence-electron chi connectivity index (χ4n) is 2.42. The highest BCUT2D eigenvalue weighted by Gasteiger charge is 2.30. The quantitative estimate of drug-likeness (QED) is 0.768. The van der Waals surface area contributed by atoms with Gasteiger partial charge in [-0.05, 0) is 56.7 Å². The number of nitrogens with zero attached hydrogens (tertiary/aromatic N) is 1. The Morgan fingerprint density at radius 2 is 2.33 bits per heavy atom. The molecule has 1 unspecified atom stereocenters. The number of nitrogens with one attached hydrogen (secondary N) is 1. The number of hydrogen-bond acceptors (Lipinski definition) is 3. The van der Waals surface area contributed by atoms with Crippen molar-refractivity contribution in [3.05, 3.63) is 24.0 Å². The lowest BCUT2D eigenvalue weighted by Gasteiger charge is -2.18. The Bertz CT molecular complexity index is 363. The molecule has 0 aromatic carbocycles. The molecule has 1 atom stereocenters. The van der Waals surface area contributed by atoms with Crippen molar-refractivity contribution in [2.75, 3.05) is 13.7 Å². The second-order valence-electron chi connectivity index (χ2n) is 5.09. The van der Waals surface area contributed by atoms with Crippen LogP contribution in [0.2, 0.25) is 0 Å². The van der Waals surface area contributed by atoms with Crippen LogP contribution in [0.1, 0.15) is 38.3 Å². The molecular formula is C15H24N2O. The largest absolute Gasteiger partial charge is 0.495 e. The number of aryl methyl sites for hydroxylation is 1. The summed E-state index contributed by atoms with van der Waals surface area (Å²) in [6, 6.07) is 4.58. The Hall–Kier alpha value is -1.09. The Kier molecular flexibility index (Phi) is 5.00. The van der Waals surface area contributed by atoms with Crippen LogP contribution in [0.5, 0.6) is 5.75 Å². The first-order chi connectivity index (χ1) is 8.85. The van der Waals surface area contributed by atoms with Crippen molar-refractivity contribution in [1.29, 1.82) is 0 Å². The number of ether oxygens (including phenoxy) is 1. The van der Waals surface area contributed by atoms with Gasteiger partial charge in [0, 0.05) is 12.2 Å². The number of methoxy groups -OCH3 is 1. The van der Waals surface area contributed by atoms with Gasteiger partial charge in [0.05, 0.1) is 12.8 Å². The highest BCUT2D eigenvalue weighted by atomic mass is 16.5. The van der Waals surface area contributed by atoms with Gasteiger partial charge in [-0.2, -0.15) is 0 Å². The smallest absolute Gasteiger partial charge is 0.140 e. The Balaban J connectivity index is 1.88. The van der Waals surface area contributed by atoms with E-state index in [0.29, 0.717) is 6.04 Å². The van der Waals surface area contributed by atoms with E-state index in [2.05, 4.69) is 17.2 Å². The second-order valence-corrected chi connectivity index (χ2v) is 5.09. The predicted octanol–water partition coefficient (Wildman–Crippen LogP) is 2.80. The maximum Gasteiger partial charge on any atom is 0.140 e. The summed E-state index contributed by atoms with van der Waals surface area (Å²) in [5, 5.41) is 3.67. The fourth-order valence-corrected chi connectivity index (χ4v) is 2.42. The summed E-state index contributed by atoms with van der Waals surface area (Å²) in [7, 11) is 1.72. The van der Waals surface area contributed by atoms with E-state index in [-0.39, 0.29) is 0 Å². The average molecular weight is 248 g/mol. The number of pyridine rings is 1. The van der Waals surface area contributed by atoms with Crippen LogP contribution in [0.25, 0.3) is 0 Å². The van der Waals surface area contributed by atoms with Gasteiger partial charge in [0.1, 0.15) is 5.75 Å². The van der Waals surface area contributed by atoms with E-state index >= 15 is 0 Å². The molecule has 1 aliphatic carbocycles. The van der Waals surface area contributed by atoms with Crippen molar-refractivity contribution < 1.29 is 4.74 Å². The van der Waals surface area contributed by atoms with Gasteiger partial charge in [0.2, 0.25) is 0 Å². The summed E-state index contributed by atoms with van der Waals surface area (Å²) in [5.74, 6) is 1.81. The lowest BCUT2D eigenvalue weighted by molar-refractivity contribution is 0.397. The molecule has 1 heterocycles. The maximum absolute atomic E-state index is 5.35. The summed E-state index contributed by atoms with van der Waals surface area (Å²) >= 11 is 0. The summed E-state index contributed by atoms with van der Waals surface area (Å²) in [6.45, 7) is 3.35. The van der Waals surface area contributed by atoms with Crippen LogP contribution in [0.15, 0.2) is 18.3 Å². The molecule has 0 aliphatic heterocycles. The highest BCUT2D eigenvalue weighted by Crippen LogP contribution is 2.34. The van der Waals surface area contributed by atoms with Crippen LogP contribution in [0.4, 0.5) is 0 Å². The summed E-state index contributed by atoms with van der Waals surface area (Å²) < 4.78 is 5.35. The Morgan fingerprint density at radius 3 is 3.00 bits per heavy atom. The normalized spacial score (nSPS) is 16.6. The molecule has 1 fully saturated rings. The van der Waals surface area contributed by atoms with Gasteiger partial charge in [-0.25, -0.2) is 0 Å². The van der Waals surface area contributed by atoms with E-state index in [1.165, 1.54) is 19.3 Å². The third kappa shape index (κ3) is 3.70. The zero-order chi connectivity index (χ0) is 12.8. The SMILES string of the molecule is CCCNC(CCc1ncccc1OC)C1CC1. The molecule has 18 heavy (non-hydrogen) atoms. The molecule has 3 heteroatoms. The lowest BCUT2D eigenvalue weighted by atomic mass is 10.0. The van der Waals surface area contributed by atoms with Gasteiger partial charge in [-0.15, -0.1) is 0 Å². The Morgan fingerprint density at radius 1 is 1.50 bits per heavy atom. The first-order valence-electron chi connectivity index (χ1n) is 7.06. The summed E-state index contributed by atoms with van der Waals surface area (Å²) in [5.41, 5.74) is 1.09. The molecule has 0 saturated heterocycles. The van der Waals surface area contributed by atoms with E-state index < -0.39 is 0 Å². The predicted molar refractivity (Wildman–Crippen MR) is 73.9 cm³/mol. The fraction of sp³-hybridized carbons (Fsp3) is 0.667. The average Bonchev–Trinajstić information content (AvgIpc) is 3.24. The number of hydrogen-bond donors (Lipinski definition) is 1. The lowest BCUT2D eigenvalue weighted by Crippen LogP contribution is -2.32. The first kappa shape index (κ1) is 13.3. The summed E-state index contributed by atoms with van der Waals surface area (Å²) in [4.78, 5) is 4.43. The van der Waals surface area contributed by atoms with E-state index in [0.717, 1.165) is 36.7 Å². The zero-order valence-electron chi connectivity index (χ0n) is 11.5.